The number of piperidine rings is 1. The van der Waals surface area contributed by atoms with E-state index in [1.165, 1.54) is 0 Å². The van der Waals surface area contributed by atoms with Crippen molar-refractivity contribution in [1.82, 2.24) is 18.8 Å². The van der Waals surface area contributed by atoms with Crippen LogP contribution in [0, 0.1) is 0 Å². The second-order valence-electron chi connectivity index (χ2n) is 5.91. The van der Waals surface area contributed by atoms with Gasteiger partial charge in [0.05, 0.1) is 0 Å². The van der Waals surface area contributed by atoms with Gasteiger partial charge >= 0.3 is 0 Å². The van der Waals surface area contributed by atoms with Crippen LogP contribution in [-0.2, 0) is 10.2 Å². The molecule has 0 aromatic rings. The van der Waals surface area contributed by atoms with Crippen molar-refractivity contribution >= 4 is 10.2 Å². The zero-order valence-electron chi connectivity index (χ0n) is 13.4. The quantitative estimate of drug-likeness (QED) is 0.767. The van der Waals surface area contributed by atoms with Crippen molar-refractivity contribution in [2.45, 2.75) is 39.2 Å². The van der Waals surface area contributed by atoms with E-state index in [2.05, 4.69) is 24.1 Å². The molecule has 2 rings (SSSR count). The second-order valence-corrected chi connectivity index (χ2v) is 7.79. The summed E-state index contributed by atoms with van der Waals surface area (Å²) in [7, 11) is -3.30. The molecule has 2 aliphatic rings. The normalized spacial score (nSPS) is 27.0. The molecule has 0 amide bonds. The molecule has 2 fully saturated rings. The fraction of sp³-hybridized carbons (Fsp3) is 1.00. The summed E-state index contributed by atoms with van der Waals surface area (Å²) in [5.41, 5.74) is 0. The van der Waals surface area contributed by atoms with Crippen molar-refractivity contribution < 1.29 is 8.42 Å². The van der Waals surface area contributed by atoms with Crippen LogP contribution in [0.2, 0.25) is 0 Å². The van der Waals surface area contributed by atoms with Gasteiger partial charge in [0.1, 0.15) is 0 Å². The molecule has 7 heteroatoms. The highest BCUT2D eigenvalue weighted by molar-refractivity contribution is 7.86. The highest BCUT2D eigenvalue weighted by atomic mass is 32.2. The molecule has 21 heavy (non-hydrogen) atoms. The van der Waals surface area contributed by atoms with E-state index in [1.807, 2.05) is 0 Å². The van der Waals surface area contributed by atoms with Gasteiger partial charge in [-0.25, -0.2) is 0 Å². The summed E-state index contributed by atoms with van der Waals surface area (Å²) < 4.78 is 29.3. The highest BCUT2D eigenvalue weighted by Crippen LogP contribution is 2.23. The number of hydrogen-bond donors (Lipinski definition) is 1. The summed E-state index contributed by atoms with van der Waals surface area (Å²) in [6.45, 7) is 10.5. The van der Waals surface area contributed by atoms with Gasteiger partial charge in [0, 0.05) is 45.3 Å². The average Bonchev–Trinajstić information content (AvgIpc) is 2.53. The smallest absolute Gasteiger partial charge is 0.282 e. The number of rotatable bonds is 6. The monoisotopic (exact) mass is 318 g/mol. The van der Waals surface area contributed by atoms with Crippen LogP contribution in [0.25, 0.3) is 0 Å². The Balaban J connectivity index is 2.02. The van der Waals surface area contributed by atoms with E-state index < -0.39 is 10.2 Å². The summed E-state index contributed by atoms with van der Waals surface area (Å²) in [5, 5.41) is 3.31. The predicted molar refractivity (Wildman–Crippen MR) is 85.5 cm³/mol. The lowest BCUT2D eigenvalue weighted by atomic mass is 10.1. The summed E-state index contributed by atoms with van der Waals surface area (Å²) in [6.07, 6.45) is 3.09. The standard InChI is InChI=1S/C14H30N4O2S/c1-3-15-13-14-7-5-6-8-18(14)21(19,20)17-11-9-16(4-2)10-12-17/h14-15H,3-13H2,1-2H3. The fourth-order valence-corrected chi connectivity index (χ4v) is 5.06. The molecule has 0 saturated carbocycles. The van der Waals surface area contributed by atoms with Gasteiger partial charge in [-0.1, -0.05) is 20.3 Å². The largest absolute Gasteiger partial charge is 0.315 e. The second kappa shape index (κ2) is 7.87. The van der Waals surface area contributed by atoms with Gasteiger partial charge in [-0.2, -0.15) is 17.0 Å². The molecule has 2 saturated heterocycles. The minimum absolute atomic E-state index is 0.118. The number of likely N-dealkylation sites (N-methyl/N-ethyl adjacent to an activating group) is 2. The topological polar surface area (TPSA) is 55.9 Å². The Morgan fingerprint density at radius 2 is 1.76 bits per heavy atom. The first-order valence-corrected chi connectivity index (χ1v) is 9.69. The minimum atomic E-state index is -3.30. The first kappa shape index (κ1) is 17.1. The lowest BCUT2D eigenvalue weighted by Crippen LogP contribution is -2.57. The van der Waals surface area contributed by atoms with Crippen molar-refractivity contribution in [3.05, 3.63) is 0 Å². The lowest BCUT2D eigenvalue weighted by molar-refractivity contribution is 0.174. The third-order valence-electron chi connectivity index (χ3n) is 4.60. The Morgan fingerprint density at radius 3 is 2.38 bits per heavy atom. The molecule has 0 spiro atoms. The summed E-state index contributed by atoms with van der Waals surface area (Å²) in [4.78, 5) is 2.30. The number of nitrogens with zero attached hydrogens (tertiary/aromatic N) is 3. The van der Waals surface area contributed by atoms with Gasteiger partial charge in [0.25, 0.3) is 10.2 Å². The zero-order chi connectivity index (χ0) is 15.3. The van der Waals surface area contributed by atoms with E-state index in [9.17, 15) is 8.42 Å². The molecule has 0 aromatic heterocycles. The minimum Gasteiger partial charge on any atom is -0.315 e. The van der Waals surface area contributed by atoms with Gasteiger partial charge in [-0.15, -0.1) is 0 Å². The Morgan fingerprint density at radius 1 is 1.05 bits per heavy atom. The van der Waals surface area contributed by atoms with E-state index in [0.29, 0.717) is 19.6 Å². The summed E-state index contributed by atoms with van der Waals surface area (Å²) in [5.74, 6) is 0. The van der Waals surface area contributed by atoms with Gasteiger partial charge in [0.2, 0.25) is 0 Å². The van der Waals surface area contributed by atoms with Crippen molar-refractivity contribution in [3.8, 4) is 0 Å². The van der Waals surface area contributed by atoms with Crippen molar-refractivity contribution in [2.24, 2.45) is 0 Å². The molecular formula is C14H30N4O2S. The maximum atomic E-state index is 12.9. The number of hydrogen-bond acceptors (Lipinski definition) is 4. The van der Waals surface area contributed by atoms with Crippen molar-refractivity contribution in [2.75, 3.05) is 52.4 Å². The molecular weight excluding hydrogens is 288 g/mol. The highest BCUT2D eigenvalue weighted by Gasteiger charge is 2.37. The van der Waals surface area contributed by atoms with Crippen LogP contribution in [0.1, 0.15) is 33.1 Å². The van der Waals surface area contributed by atoms with Gasteiger partial charge in [-0.3, -0.25) is 0 Å². The van der Waals surface area contributed by atoms with Crippen LogP contribution in [0.4, 0.5) is 0 Å². The van der Waals surface area contributed by atoms with Crippen LogP contribution in [0.15, 0.2) is 0 Å². The molecule has 2 aliphatic heterocycles. The summed E-state index contributed by atoms with van der Waals surface area (Å²) in [6, 6.07) is 0.118. The van der Waals surface area contributed by atoms with Crippen LogP contribution in [0.5, 0.6) is 0 Å². The third-order valence-corrected chi connectivity index (χ3v) is 6.70. The molecule has 124 valence electrons. The van der Waals surface area contributed by atoms with E-state index in [-0.39, 0.29) is 6.04 Å². The van der Waals surface area contributed by atoms with Crippen LogP contribution >= 0.6 is 0 Å². The molecule has 0 bridgehead atoms. The first-order chi connectivity index (χ1) is 10.1. The molecule has 0 aromatic carbocycles. The molecule has 2 heterocycles. The molecule has 1 atom stereocenters. The fourth-order valence-electron chi connectivity index (χ4n) is 3.22. The molecule has 1 N–H and O–H groups in total. The Bertz CT molecular complexity index is 407. The Labute approximate surface area is 129 Å². The SMILES string of the molecule is CCNCC1CCCCN1S(=O)(=O)N1CCN(CC)CC1. The Kier molecular flexibility index (Phi) is 6.43. The van der Waals surface area contributed by atoms with Crippen molar-refractivity contribution in [3.63, 3.8) is 0 Å². The predicted octanol–water partition coefficient (Wildman–Crippen LogP) is 0.333. The van der Waals surface area contributed by atoms with E-state index in [4.69, 9.17) is 0 Å². The van der Waals surface area contributed by atoms with E-state index in [0.717, 1.165) is 52.0 Å². The number of nitrogens with one attached hydrogen (secondary N) is 1. The van der Waals surface area contributed by atoms with E-state index >= 15 is 0 Å². The molecule has 1 unspecified atom stereocenters. The van der Waals surface area contributed by atoms with E-state index in [1.54, 1.807) is 8.61 Å². The first-order valence-electron chi connectivity index (χ1n) is 8.29. The zero-order valence-corrected chi connectivity index (χ0v) is 14.2. The van der Waals surface area contributed by atoms with Gasteiger partial charge in [-0.05, 0) is 25.9 Å². The van der Waals surface area contributed by atoms with Crippen LogP contribution < -0.4 is 5.32 Å². The Hall–Kier alpha value is -0.210. The molecule has 6 nitrogen and oxygen atoms in total. The van der Waals surface area contributed by atoms with Crippen LogP contribution in [-0.4, -0.2) is 80.3 Å². The average molecular weight is 318 g/mol. The van der Waals surface area contributed by atoms with Gasteiger partial charge < -0.3 is 10.2 Å². The lowest BCUT2D eigenvalue weighted by Gasteiger charge is -2.40. The maximum absolute atomic E-state index is 12.9. The van der Waals surface area contributed by atoms with Gasteiger partial charge in [0.15, 0.2) is 0 Å². The number of piperazine rings is 1. The summed E-state index contributed by atoms with van der Waals surface area (Å²) >= 11 is 0. The van der Waals surface area contributed by atoms with Crippen LogP contribution in [0.3, 0.4) is 0 Å². The third kappa shape index (κ3) is 4.16. The van der Waals surface area contributed by atoms with Crippen molar-refractivity contribution in [1.29, 1.82) is 0 Å². The molecule has 0 radical (unpaired) electrons. The maximum Gasteiger partial charge on any atom is 0.282 e. The molecule has 0 aliphatic carbocycles.